The molecule has 0 fully saturated rings. The molecule has 0 bridgehead atoms. The Bertz CT molecular complexity index is 279. The maximum atomic E-state index is 5.68. The molecule has 0 atom stereocenters. The molecule has 0 amide bonds. The van der Waals surface area contributed by atoms with Crippen LogP contribution >= 0.6 is 0 Å². The van der Waals surface area contributed by atoms with Gasteiger partial charge in [0.2, 0.25) is 0 Å². The van der Waals surface area contributed by atoms with E-state index in [9.17, 15) is 0 Å². The van der Waals surface area contributed by atoms with Crippen LogP contribution in [0, 0.1) is 0 Å². The molecule has 2 nitrogen and oxygen atoms in total. The van der Waals surface area contributed by atoms with E-state index < -0.39 is 0 Å². The molecule has 0 unspecified atom stereocenters. The highest BCUT2D eigenvalue weighted by Crippen LogP contribution is 2.09. The minimum absolute atomic E-state index is 0.847. The number of rotatable bonds is 7. The first-order valence-corrected chi connectivity index (χ1v) is 6.33. The van der Waals surface area contributed by atoms with Gasteiger partial charge in [0.15, 0.2) is 0 Å². The Kier molecular flexibility index (Phi) is 5.94. The number of nitrogens with zero attached hydrogens (tertiary/aromatic N) is 1. The van der Waals surface area contributed by atoms with E-state index in [1.54, 1.807) is 0 Å². The number of hydrogen-bond donors (Lipinski definition) is 1. The Balaban J connectivity index is 2.49. The van der Waals surface area contributed by atoms with Gasteiger partial charge in [0.05, 0.1) is 0 Å². The van der Waals surface area contributed by atoms with Crippen LogP contribution in [0.2, 0.25) is 0 Å². The molecule has 1 aromatic carbocycles. The van der Waals surface area contributed by atoms with Gasteiger partial charge < -0.3 is 5.73 Å². The zero-order valence-corrected chi connectivity index (χ0v) is 10.6. The third-order valence-electron chi connectivity index (χ3n) is 2.75. The molecule has 0 aliphatic carbocycles. The van der Waals surface area contributed by atoms with Gasteiger partial charge in [0, 0.05) is 12.2 Å². The molecule has 0 aromatic heterocycles. The Morgan fingerprint density at radius 3 is 2.25 bits per heavy atom. The van der Waals surface area contributed by atoms with E-state index in [-0.39, 0.29) is 0 Å². The molecular weight excluding hydrogens is 196 g/mol. The molecule has 1 aromatic rings. The Labute approximate surface area is 99.5 Å². The van der Waals surface area contributed by atoms with Gasteiger partial charge in [-0.1, -0.05) is 32.4 Å². The third-order valence-corrected chi connectivity index (χ3v) is 2.75. The average molecular weight is 220 g/mol. The molecule has 0 saturated heterocycles. The number of anilines is 1. The van der Waals surface area contributed by atoms with E-state index >= 15 is 0 Å². The fourth-order valence-corrected chi connectivity index (χ4v) is 1.85. The summed E-state index contributed by atoms with van der Waals surface area (Å²) in [4.78, 5) is 2.52. The largest absolute Gasteiger partial charge is 0.399 e. The lowest BCUT2D eigenvalue weighted by Gasteiger charge is -2.21. The SMILES string of the molecule is CCCCN(CCC)Cc1ccc(N)cc1. The van der Waals surface area contributed by atoms with Crippen molar-refractivity contribution in [3.8, 4) is 0 Å². The molecule has 2 heteroatoms. The van der Waals surface area contributed by atoms with E-state index in [1.807, 2.05) is 12.1 Å². The van der Waals surface area contributed by atoms with Crippen molar-refractivity contribution < 1.29 is 0 Å². The first-order chi connectivity index (χ1) is 7.76. The molecule has 2 N–H and O–H groups in total. The first-order valence-electron chi connectivity index (χ1n) is 6.33. The van der Waals surface area contributed by atoms with Crippen LogP contribution in [-0.2, 0) is 6.54 Å². The quantitative estimate of drug-likeness (QED) is 0.714. The molecule has 0 radical (unpaired) electrons. The fourth-order valence-electron chi connectivity index (χ4n) is 1.85. The second-order valence-corrected chi connectivity index (χ2v) is 4.37. The van der Waals surface area contributed by atoms with Crippen molar-refractivity contribution >= 4 is 5.69 Å². The van der Waals surface area contributed by atoms with E-state index in [4.69, 9.17) is 5.73 Å². The summed E-state index contributed by atoms with van der Waals surface area (Å²) >= 11 is 0. The van der Waals surface area contributed by atoms with Crippen molar-refractivity contribution in [2.45, 2.75) is 39.7 Å². The third kappa shape index (κ3) is 4.67. The highest BCUT2D eigenvalue weighted by molar-refractivity contribution is 5.39. The maximum absolute atomic E-state index is 5.68. The number of hydrogen-bond acceptors (Lipinski definition) is 2. The summed E-state index contributed by atoms with van der Waals surface area (Å²) in [5.41, 5.74) is 7.89. The minimum Gasteiger partial charge on any atom is -0.399 e. The van der Waals surface area contributed by atoms with Gasteiger partial charge in [-0.2, -0.15) is 0 Å². The number of benzene rings is 1. The molecule has 0 saturated carbocycles. The summed E-state index contributed by atoms with van der Waals surface area (Å²) in [5.74, 6) is 0. The number of nitrogen functional groups attached to an aromatic ring is 1. The van der Waals surface area contributed by atoms with Gasteiger partial charge in [-0.15, -0.1) is 0 Å². The topological polar surface area (TPSA) is 29.3 Å². The van der Waals surface area contributed by atoms with Crippen LogP contribution in [-0.4, -0.2) is 18.0 Å². The first kappa shape index (κ1) is 13.0. The predicted octanol–water partition coefficient (Wildman–Crippen LogP) is 3.28. The summed E-state index contributed by atoms with van der Waals surface area (Å²) in [6.07, 6.45) is 3.77. The lowest BCUT2D eigenvalue weighted by atomic mass is 10.2. The van der Waals surface area contributed by atoms with Crippen molar-refractivity contribution in [1.29, 1.82) is 0 Å². The summed E-state index contributed by atoms with van der Waals surface area (Å²) in [7, 11) is 0. The molecular formula is C14H24N2. The monoisotopic (exact) mass is 220 g/mol. The summed E-state index contributed by atoms with van der Waals surface area (Å²) < 4.78 is 0. The van der Waals surface area contributed by atoms with Crippen molar-refractivity contribution in [2.24, 2.45) is 0 Å². The van der Waals surface area contributed by atoms with Gasteiger partial charge in [0.25, 0.3) is 0 Å². The van der Waals surface area contributed by atoms with Crippen molar-refractivity contribution in [3.63, 3.8) is 0 Å². The van der Waals surface area contributed by atoms with Gasteiger partial charge >= 0.3 is 0 Å². The van der Waals surface area contributed by atoms with Crippen LogP contribution in [0.15, 0.2) is 24.3 Å². The lowest BCUT2D eigenvalue weighted by Crippen LogP contribution is -2.25. The van der Waals surface area contributed by atoms with E-state index in [1.165, 1.54) is 37.9 Å². The van der Waals surface area contributed by atoms with Crippen LogP contribution in [0.5, 0.6) is 0 Å². The van der Waals surface area contributed by atoms with E-state index in [0.717, 1.165) is 12.2 Å². The molecule has 0 aliphatic heterocycles. The van der Waals surface area contributed by atoms with Gasteiger partial charge in [-0.05, 0) is 43.6 Å². The molecule has 0 spiro atoms. The Hall–Kier alpha value is -1.02. The van der Waals surface area contributed by atoms with Crippen LogP contribution in [0.4, 0.5) is 5.69 Å². The van der Waals surface area contributed by atoms with E-state index in [2.05, 4.69) is 30.9 Å². The van der Waals surface area contributed by atoms with Crippen LogP contribution in [0.1, 0.15) is 38.7 Å². The van der Waals surface area contributed by atoms with Crippen molar-refractivity contribution in [2.75, 3.05) is 18.8 Å². The molecule has 0 aliphatic rings. The second-order valence-electron chi connectivity index (χ2n) is 4.37. The number of unbranched alkanes of at least 4 members (excludes halogenated alkanes) is 1. The Morgan fingerprint density at radius 2 is 1.69 bits per heavy atom. The van der Waals surface area contributed by atoms with Crippen LogP contribution in [0.25, 0.3) is 0 Å². The highest BCUT2D eigenvalue weighted by atomic mass is 15.1. The molecule has 90 valence electrons. The van der Waals surface area contributed by atoms with Crippen molar-refractivity contribution in [3.05, 3.63) is 29.8 Å². The lowest BCUT2D eigenvalue weighted by molar-refractivity contribution is 0.262. The standard InChI is InChI=1S/C14H24N2/c1-3-5-11-16(10-4-2)12-13-6-8-14(15)9-7-13/h6-9H,3-5,10-12,15H2,1-2H3. The normalized spacial score (nSPS) is 10.9. The summed E-state index contributed by atoms with van der Waals surface area (Å²) in [6.45, 7) is 7.92. The predicted molar refractivity (Wildman–Crippen MR) is 71.3 cm³/mol. The fraction of sp³-hybridized carbons (Fsp3) is 0.571. The molecule has 0 heterocycles. The average Bonchev–Trinajstić information content (AvgIpc) is 2.29. The van der Waals surface area contributed by atoms with Crippen LogP contribution in [0.3, 0.4) is 0 Å². The zero-order valence-electron chi connectivity index (χ0n) is 10.6. The minimum atomic E-state index is 0.847. The zero-order chi connectivity index (χ0) is 11.8. The van der Waals surface area contributed by atoms with Crippen molar-refractivity contribution in [1.82, 2.24) is 4.90 Å². The highest BCUT2D eigenvalue weighted by Gasteiger charge is 2.03. The smallest absolute Gasteiger partial charge is 0.0314 e. The van der Waals surface area contributed by atoms with Gasteiger partial charge in [0.1, 0.15) is 0 Å². The van der Waals surface area contributed by atoms with E-state index in [0.29, 0.717) is 0 Å². The maximum Gasteiger partial charge on any atom is 0.0314 e. The summed E-state index contributed by atoms with van der Waals surface area (Å²) in [6, 6.07) is 8.23. The number of nitrogens with two attached hydrogens (primary N) is 1. The van der Waals surface area contributed by atoms with Crippen LogP contribution < -0.4 is 5.73 Å². The molecule has 1 rings (SSSR count). The second kappa shape index (κ2) is 7.29. The Morgan fingerprint density at radius 1 is 1.00 bits per heavy atom. The van der Waals surface area contributed by atoms with Gasteiger partial charge in [-0.25, -0.2) is 0 Å². The summed E-state index contributed by atoms with van der Waals surface area (Å²) in [5, 5.41) is 0. The van der Waals surface area contributed by atoms with Gasteiger partial charge in [-0.3, -0.25) is 4.90 Å². The molecule has 16 heavy (non-hydrogen) atoms.